The van der Waals surface area contributed by atoms with Crippen LogP contribution in [-0.2, 0) is 6.42 Å². The summed E-state index contributed by atoms with van der Waals surface area (Å²) in [6.45, 7) is 3.78. The average molecular weight is 329 g/mol. The van der Waals surface area contributed by atoms with Crippen LogP contribution in [0.3, 0.4) is 0 Å². The van der Waals surface area contributed by atoms with Crippen LogP contribution in [0.1, 0.15) is 27.6 Å². The van der Waals surface area contributed by atoms with E-state index in [1.165, 1.54) is 16.7 Å². The van der Waals surface area contributed by atoms with Gasteiger partial charge in [0.25, 0.3) is 11.5 Å². The van der Waals surface area contributed by atoms with Crippen LogP contribution in [-0.4, -0.2) is 31.8 Å². The number of imidazole rings is 1. The van der Waals surface area contributed by atoms with E-state index in [4.69, 9.17) is 0 Å². The molecule has 0 aromatic carbocycles. The molecule has 0 spiro atoms. The van der Waals surface area contributed by atoms with Crippen molar-refractivity contribution in [3.63, 3.8) is 0 Å². The first kappa shape index (κ1) is 15.9. The molecule has 8 heteroatoms. The van der Waals surface area contributed by atoms with Crippen LogP contribution in [0.5, 0.6) is 0 Å². The van der Waals surface area contributed by atoms with Crippen molar-refractivity contribution in [1.29, 1.82) is 0 Å². The molecule has 0 radical (unpaired) electrons. The Kier molecular flexibility index (Phi) is 4.11. The Bertz CT molecular complexity index is 976. The number of aryl methyl sites for hydroxylation is 2. The first-order valence-corrected chi connectivity index (χ1v) is 7.43. The van der Waals surface area contributed by atoms with Crippen LogP contribution in [0.2, 0.25) is 0 Å². The third-order valence-corrected chi connectivity index (χ3v) is 3.50. The lowest BCUT2D eigenvalue weighted by atomic mass is 10.3. The number of fused-ring (bicyclic) bond motifs is 1. The quantitative estimate of drug-likeness (QED) is 0.751. The van der Waals surface area contributed by atoms with Gasteiger partial charge in [-0.1, -0.05) is 0 Å². The number of aromatic amines is 1. The van der Waals surface area contributed by atoms with E-state index >= 15 is 0 Å². The van der Waals surface area contributed by atoms with Gasteiger partial charge >= 0.3 is 0 Å². The Morgan fingerprint density at radius 3 is 2.88 bits per heavy atom. The largest absolute Gasteiger partial charge is 0.350 e. The minimum atomic E-state index is -0.704. The number of nitrogens with zero attached hydrogens (tertiary/aromatic N) is 3. The molecule has 0 fully saturated rings. The predicted molar refractivity (Wildman–Crippen MR) is 85.5 cm³/mol. The van der Waals surface area contributed by atoms with Crippen LogP contribution in [0.15, 0.2) is 29.2 Å². The Morgan fingerprint density at radius 2 is 2.12 bits per heavy atom. The number of carbonyl (C=O) groups excluding carboxylic acids is 1. The van der Waals surface area contributed by atoms with Crippen molar-refractivity contribution in [1.82, 2.24) is 24.7 Å². The monoisotopic (exact) mass is 329 g/mol. The van der Waals surface area contributed by atoms with Gasteiger partial charge in [0.2, 0.25) is 5.95 Å². The fraction of sp³-hybridized carbons (Fsp3) is 0.250. The Labute approximate surface area is 136 Å². The normalized spacial score (nSPS) is 11.0. The lowest BCUT2D eigenvalue weighted by Crippen LogP contribution is -2.28. The fourth-order valence-corrected chi connectivity index (χ4v) is 2.40. The second-order valence-corrected chi connectivity index (χ2v) is 5.52. The molecule has 0 aliphatic heterocycles. The first-order chi connectivity index (χ1) is 11.4. The highest BCUT2D eigenvalue weighted by Crippen LogP contribution is 2.12. The SMILES string of the molecule is Cc1ccn2c(F)c(C(=O)NCCc3nc(C)cc(=O)[nH]3)nc2c1. The van der Waals surface area contributed by atoms with Crippen molar-refractivity contribution in [3.8, 4) is 0 Å². The molecule has 3 aromatic heterocycles. The van der Waals surface area contributed by atoms with Crippen LogP contribution < -0.4 is 10.9 Å². The number of nitrogens with one attached hydrogen (secondary N) is 2. The highest BCUT2D eigenvalue weighted by Gasteiger charge is 2.18. The molecule has 3 aromatic rings. The summed E-state index contributed by atoms with van der Waals surface area (Å²) < 4.78 is 15.5. The molecule has 7 nitrogen and oxygen atoms in total. The minimum absolute atomic E-state index is 0.206. The van der Waals surface area contributed by atoms with E-state index in [-0.39, 0.29) is 17.8 Å². The zero-order valence-electron chi connectivity index (χ0n) is 13.3. The summed E-state index contributed by atoms with van der Waals surface area (Å²) in [6.07, 6.45) is 1.86. The zero-order chi connectivity index (χ0) is 17.3. The van der Waals surface area contributed by atoms with Gasteiger partial charge < -0.3 is 10.3 Å². The lowest BCUT2D eigenvalue weighted by molar-refractivity contribution is 0.0945. The van der Waals surface area contributed by atoms with Crippen molar-refractivity contribution in [2.75, 3.05) is 6.54 Å². The molecule has 3 heterocycles. The maximum Gasteiger partial charge on any atom is 0.274 e. The van der Waals surface area contributed by atoms with Crippen molar-refractivity contribution in [2.45, 2.75) is 20.3 Å². The van der Waals surface area contributed by atoms with Crippen LogP contribution in [0.4, 0.5) is 4.39 Å². The van der Waals surface area contributed by atoms with Gasteiger partial charge in [-0.05, 0) is 31.5 Å². The fourth-order valence-electron chi connectivity index (χ4n) is 2.40. The second kappa shape index (κ2) is 6.23. The molecular weight excluding hydrogens is 313 g/mol. The maximum absolute atomic E-state index is 14.2. The molecular formula is C16H16FN5O2. The van der Waals surface area contributed by atoms with Gasteiger partial charge in [0, 0.05) is 30.9 Å². The topological polar surface area (TPSA) is 92.1 Å². The molecule has 0 saturated heterocycles. The van der Waals surface area contributed by atoms with E-state index in [2.05, 4.69) is 20.3 Å². The number of hydrogen-bond donors (Lipinski definition) is 2. The highest BCUT2D eigenvalue weighted by molar-refractivity contribution is 5.93. The van der Waals surface area contributed by atoms with Gasteiger partial charge in [-0.3, -0.25) is 14.0 Å². The number of H-pyrrole nitrogens is 1. The Morgan fingerprint density at radius 1 is 1.33 bits per heavy atom. The Hall–Kier alpha value is -3.03. The number of amides is 1. The van der Waals surface area contributed by atoms with Gasteiger partial charge in [-0.2, -0.15) is 4.39 Å². The van der Waals surface area contributed by atoms with Gasteiger partial charge in [-0.15, -0.1) is 0 Å². The molecule has 24 heavy (non-hydrogen) atoms. The summed E-state index contributed by atoms with van der Waals surface area (Å²) >= 11 is 0. The summed E-state index contributed by atoms with van der Waals surface area (Å²) in [6, 6.07) is 4.82. The van der Waals surface area contributed by atoms with Gasteiger partial charge in [0.05, 0.1) is 0 Å². The maximum atomic E-state index is 14.2. The van der Waals surface area contributed by atoms with E-state index in [0.29, 0.717) is 23.6 Å². The molecule has 1 amide bonds. The summed E-state index contributed by atoms with van der Waals surface area (Å²) in [5, 5.41) is 2.59. The number of aromatic nitrogens is 4. The number of rotatable bonds is 4. The number of halogens is 1. The second-order valence-electron chi connectivity index (χ2n) is 5.52. The van der Waals surface area contributed by atoms with Crippen molar-refractivity contribution < 1.29 is 9.18 Å². The number of carbonyl (C=O) groups is 1. The van der Waals surface area contributed by atoms with Crippen LogP contribution in [0.25, 0.3) is 5.65 Å². The standard InChI is InChI=1S/C16H16FN5O2/c1-9-4-6-22-12(7-9)21-14(15(22)17)16(24)18-5-3-11-19-10(2)8-13(23)20-11/h4,6-8H,3,5H2,1-2H3,(H,18,24)(H,19,20,23). The van der Waals surface area contributed by atoms with Gasteiger partial charge in [0.15, 0.2) is 5.69 Å². The summed E-state index contributed by atoms with van der Waals surface area (Å²) in [5.74, 6) is -0.847. The zero-order valence-corrected chi connectivity index (χ0v) is 13.3. The smallest absolute Gasteiger partial charge is 0.274 e. The molecule has 0 saturated carbocycles. The molecule has 0 bridgehead atoms. The highest BCUT2D eigenvalue weighted by atomic mass is 19.1. The van der Waals surface area contributed by atoms with E-state index in [9.17, 15) is 14.0 Å². The minimum Gasteiger partial charge on any atom is -0.350 e. The van der Waals surface area contributed by atoms with E-state index in [1.54, 1.807) is 19.1 Å². The molecule has 0 aliphatic rings. The van der Waals surface area contributed by atoms with Crippen LogP contribution >= 0.6 is 0 Å². The molecule has 0 aliphatic carbocycles. The first-order valence-electron chi connectivity index (χ1n) is 7.43. The molecule has 0 unspecified atom stereocenters. The molecule has 0 atom stereocenters. The van der Waals surface area contributed by atoms with E-state index in [0.717, 1.165) is 5.56 Å². The Balaban J connectivity index is 1.71. The van der Waals surface area contributed by atoms with Crippen LogP contribution in [0, 0.1) is 19.8 Å². The third-order valence-electron chi connectivity index (χ3n) is 3.50. The van der Waals surface area contributed by atoms with E-state index < -0.39 is 11.9 Å². The molecule has 124 valence electrons. The van der Waals surface area contributed by atoms with Crippen molar-refractivity contribution in [3.05, 3.63) is 63.5 Å². The number of hydrogen-bond acceptors (Lipinski definition) is 4. The lowest BCUT2D eigenvalue weighted by Gasteiger charge is -2.03. The third kappa shape index (κ3) is 3.17. The molecule has 2 N–H and O–H groups in total. The molecule has 3 rings (SSSR count). The van der Waals surface area contributed by atoms with Crippen molar-refractivity contribution >= 4 is 11.6 Å². The van der Waals surface area contributed by atoms with Gasteiger partial charge in [-0.25, -0.2) is 9.97 Å². The summed E-state index contributed by atoms with van der Waals surface area (Å²) in [7, 11) is 0. The average Bonchev–Trinajstić information content (AvgIpc) is 2.82. The number of pyridine rings is 1. The summed E-state index contributed by atoms with van der Waals surface area (Å²) in [4.78, 5) is 34.3. The summed E-state index contributed by atoms with van der Waals surface area (Å²) in [5.41, 5.74) is 1.40. The van der Waals surface area contributed by atoms with E-state index in [1.807, 2.05) is 6.92 Å². The van der Waals surface area contributed by atoms with Gasteiger partial charge in [0.1, 0.15) is 11.5 Å². The predicted octanol–water partition coefficient (Wildman–Crippen LogP) is 1.15. The van der Waals surface area contributed by atoms with Crippen molar-refractivity contribution in [2.24, 2.45) is 0 Å².